The van der Waals surface area contributed by atoms with Crippen LogP contribution < -0.4 is 20.1 Å². The van der Waals surface area contributed by atoms with Crippen LogP contribution in [0.5, 0.6) is 17.2 Å². The molecule has 3 aromatic carbocycles. The molecule has 0 bridgehead atoms. The van der Waals surface area contributed by atoms with E-state index in [0.29, 0.717) is 29.6 Å². The number of hydrogen-bond donors (Lipinski definition) is 3. The fraction of sp³-hybridized carbons (Fsp3) is 0.323. The molecule has 0 heterocycles. The Morgan fingerprint density at radius 3 is 2.08 bits per heavy atom. The van der Waals surface area contributed by atoms with E-state index in [9.17, 15) is 19.5 Å². The molecule has 0 spiro atoms. The van der Waals surface area contributed by atoms with Gasteiger partial charge < -0.3 is 30.0 Å². The summed E-state index contributed by atoms with van der Waals surface area (Å²) in [5.41, 5.74) is 0.620. The lowest BCUT2D eigenvalue weighted by atomic mass is 9.93. The highest BCUT2D eigenvalue weighted by Gasteiger charge is 2.24. The number of anilines is 1. The van der Waals surface area contributed by atoms with Crippen LogP contribution in [0, 0.1) is 5.92 Å². The lowest BCUT2D eigenvalue weighted by Crippen LogP contribution is -2.40. The Balaban J connectivity index is 1.23. The quantitative estimate of drug-likeness (QED) is 0.265. The average Bonchev–Trinajstić information content (AvgIpc) is 2.94. The Morgan fingerprint density at radius 1 is 0.850 bits per heavy atom. The second-order valence-electron chi connectivity index (χ2n) is 10.1. The molecule has 3 aromatic rings. The molecule has 1 aliphatic carbocycles. The van der Waals surface area contributed by atoms with Gasteiger partial charge in [0.15, 0.2) is 0 Å². The van der Waals surface area contributed by atoms with E-state index in [0.717, 1.165) is 31.4 Å². The van der Waals surface area contributed by atoms with E-state index in [4.69, 9.17) is 14.2 Å². The number of carbonyl (C=O) groups is 3. The number of hydrogen-bond acceptors (Lipinski definition) is 6. The SMILES string of the molecule is CC(C)COC(=O)NC1CCC(Oc2ccc(Oc3ccc(C(=O)Nc4ccccc4C(=O)O)cc3)cc2)CC1. The number of nitrogens with one attached hydrogen (secondary N) is 2. The maximum Gasteiger partial charge on any atom is 0.407 e. The van der Waals surface area contributed by atoms with Crippen LogP contribution in [-0.4, -0.2) is 41.8 Å². The van der Waals surface area contributed by atoms with Gasteiger partial charge in [-0.2, -0.15) is 0 Å². The highest BCUT2D eigenvalue weighted by atomic mass is 16.5. The number of benzene rings is 3. The lowest BCUT2D eigenvalue weighted by molar-refractivity contribution is 0.0698. The largest absolute Gasteiger partial charge is 0.490 e. The van der Waals surface area contributed by atoms with Crippen molar-refractivity contribution in [3.63, 3.8) is 0 Å². The third-order valence-electron chi connectivity index (χ3n) is 6.43. The van der Waals surface area contributed by atoms with Gasteiger partial charge >= 0.3 is 12.1 Å². The van der Waals surface area contributed by atoms with Crippen LogP contribution >= 0.6 is 0 Å². The summed E-state index contributed by atoms with van der Waals surface area (Å²) in [4.78, 5) is 35.8. The second kappa shape index (κ2) is 13.5. The zero-order chi connectivity index (χ0) is 28.5. The molecule has 40 heavy (non-hydrogen) atoms. The van der Waals surface area contributed by atoms with Crippen LogP contribution in [0.15, 0.2) is 72.8 Å². The minimum absolute atomic E-state index is 0.0204. The number of rotatable bonds is 10. The number of ether oxygens (including phenoxy) is 3. The fourth-order valence-electron chi connectivity index (χ4n) is 4.34. The van der Waals surface area contributed by atoms with Crippen molar-refractivity contribution in [2.45, 2.75) is 51.7 Å². The Morgan fingerprint density at radius 2 is 1.45 bits per heavy atom. The van der Waals surface area contributed by atoms with E-state index < -0.39 is 11.9 Å². The molecule has 2 amide bonds. The van der Waals surface area contributed by atoms with Crippen molar-refractivity contribution in [1.82, 2.24) is 5.32 Å². The fourth-order valence-corrected chi connectivity index (χ4v) is 4.34. The van der Waals surface area contributed by atoms with Crippen molar-refractivity contribution in [3.8, 4) is 17.2 Å². The molecule has 3 N–H and O–H groups in total. The lowest BCUT2D eigenvalue weighted by Gasteiger charge is -2.29. The number of aromatic carboxylic acids is 1. The van der Waals surface area contributed by atoms with Gasteiger partial charge in [0.25, 0.3) is 5.91 Å². The first-order chi connectivity index (χ1) is 19.3. The molecule has 9 nitrogen and oxygen atoms in total. The van der Waals surface area contributed by atoms with Crippen LogP contribution in [0.2, 0.25) is 0 Å². The van der Waals surface area contributed by atoms with Crippen molar-refractivity contribution in [2.24, 2.45) is 5.92 Å². The molecule has 0 unspecified atom stereocenters. The zero-order valence-electron chi connectivity index (χ0n) is 22.6. The van der Waals surface area contributed by atoms with E-state index in [1.165, 1.54) is 6.07 Å². The summed E-state index contributed by atoms with van der Waals surface area (Å²) in [5.74, 6) is 0.688. The maximum absolute atomic E-state index is 12.6. The van der Waals surface area contributed by atoms with Crippen molar-refractivity contribution in [3.05, 3.63) is 83.9 Å². The van der Waals surface area contributed by atoms with E-state index in [1.54, 1.807) is 42.5 Å². The Bertz CT molecular complexity index is 1300. The van der Waals surface area contributed by atoms with E-state index >= 15 is 0 Å². The molecular weight excluding hydrogens is 512 g/mol. The second-order valence-corrected chi connectivity index (χ2v) is 10.1. The number of para-hydroxylation sites is 1. The molecule has 1 aliphatic rings. The number of carbonyl (C=O) groups excluding carboxylic acids is 2. The molecule has 210 valence electrons. The molecule has 9 heteroatoms. The van der Waals surface area contributed by atoms with Crippen molar-refractivity contribution in [2.75, 3.05) is 11.9 Å². The molecule has 0 saturated heterocycles. The Labute approximate surface area is 233 Å². The average molecular weight is 547 g/mol. The Hall–Kier alpha value is -4.53. The summed E-state index contributed by atoms with van der Waals surface area (Å²) in [6.45, 7) is 4.42. The molecule has 1 fully saturated rings. The molecule has 0 aromatic heterocycles. The summed E-state index contributed by atoms with van der Waals surface area (Å²) in [6, 6.07) is 20.3. The predicted octanol–water partition coefficient (Wildman–Crippen LogP) is 6.50. The number of alkyl carbamates (subject to hydrolysis) is 1. The van der Waals surface area contributed by atoms with E-state index in [2.05, 4.69) is 10.6 Å². The smallest absolute Gasteiger partial charge is 0.407 e. The van der Waals surface area contributed by atoms with Crippen LogP contribution in [0.25, 0.3) is 0 Å². The molecule has 4 rings (SSSR count). The topological polar surface area (TPSA) is 123 Å². The highest BCUT2D eigenvalue weighted by molar-refractivity contribution is 6.07. The van der Waals surface area contributed by atoms with Gasteiger partial charge in [-0.25, -0.2) is 9.59 Å². The minimum atomic E-state index is -1.11. The summed E-state index contributed by atoms with van der Waals surface area (Å²) in [5, 5.41) is 14.9. The molecular formula is C31H34N2O7. The first kappa shape index (κ1) is 28.5. The third kappa shape index (κ3) is 8.23. The minimum Gasteiger partial charge on any atom is -0.490 e. The summed E-state index contributed by atoms with van der Waals surface area (Å²) in [6.07, 6.45) is 3.08. The molecule has 1 saturated carbocycles. The summed E-state index contributed by atoms with van der Waals surface area (Å²) >= 11 is 0. The van der Waals surface area contributed by atoms with Gasteiger partial charge in [-0.3, -0.25) is 4.79 Å². The first-order valence-corrected chi connectivity index (χ1v) is 13.4. The van der Waals surface area contributed by atoms with E-state index in [-0.39, 0.29) is 29.5 Å². The van der Waals surface area contributed by atoms with Gasteiger partial charge in [0.1, 0.15) is 17.2 Å². The summed E-state index contributed by atoms with van der Waals surface area (Å²) < 4.78 is 17.2. The van der Waals surface area contributed by atoms with Gasteiger partial charge in [0, 0.05) is 11.6 Å². The van der Waals surface area contributed by atoms with Crippen molar-refractivity contribution < 1.29 is 33.7 Å². The van der Waals surface area contributed by atoms with Gasteiger partial charge in [0.05, 0.1) is 24.0 Å². The van der Waals surface area contributed by atoms with Crippen molar-refractivity contribution in [1.29, 1.82) is 0 Å². The predicted molar refractivity (Wildman–Crippen MR) is 150 cm³/mol. The maximum atomic E-state index is 12.6. The van der Waals surface area contributed by atoms with Crippen LogP contribution in [0.3, 0.4) is 0 Å². The van der Waals surface area contributed by atoms with Gasteiger partial charge in [-0.15, -0.1) is 0 Å². The highest BCUT2D eigenvalue weighted by Crippen LogP contribution is 2.28. The number of amides is 2. The van der Waals surface area contributed by atoms with Gasteiger partial charge in [0.2, 0.25) is 0 Å². The standard InChI is InChI=1S/C31H34N2O7/c1-20(2)19-38-31(37)32-22-9-13-24(14-10-22)40-26-17-15-25(16-18-26)39-23-11-7-21(8-12-23)29(34)33-28-6-4-3-5-27(28)30(35)36/h3-8,11-12,15-18,20,22,24H,9-10,13-14,19H2,1-2H3,(H,32,37)(H,33,34)(H,35,36). The molecule has 0 radical (unpaired) electrons. The number of carboxylic acid groups (broad SMARTS) is 1. The number of carboxylic acids is 1. The van der Waals surface area contributed by atoms with Crippen LogP contribution in [0.4, 0.5) is 10.5 Å². The third-order valence-corrected chi connectivity index (χ3v) is 6.43. The molecule has 0 atom stereocenters. The zero-order valence-corrected chi connectivity index (χ0v) is 22.6. The first-order valence-electron chi connectivity index (χ1n) is 13.4. The van der Waals surface area contributed by atoms with Gasteiger partial charge in [-0.05, 0) is 92.3 Å². The van der Waals surface area contributed by atoms with Gasteiger partial charge in [-0.1, -0.05) is 26.0 Å². The van der Waals surface area contributed by atoms with Crippen LogP contribution in [-0.2, 0) is 4.74 Å². The Kier molecular flexibility index (Phi) is 9.62. The van der Waals surface area contributed by atoms with Crippen molar-refractivity contribution >= 4 is 23.7 Å². The summed E-state index contributed by atoms with van der Waals surface area (Å²) in [7, 11) is 0. The van der Waals surface area contributed by atoms with E-state index in [1.807, 2.05) is 38.1 Å². The normalized spacial score (nSPS) is 16.6. The monoisotopic (exact) mass is 546 g/mol. The molecule has 0 aliphatic heterocycles. The van der Waals surface area contributed by atoms with Crippen LogP contribution in [0.1, 0.15) is 60.2 Å².